The zero-order chi connectivity index (χ0) is 20.4. The number of thioether (sulfide) groups is 1. The normalized spacial score (nSPS) is 11.1. The summed E-state index contributed by atoms with van der Waals surface area (Å²) in [6.45, 7) is 0.288. The van der Waals surface area contributed by atoms with Crippen molar-refractivity contribution in [3.63, 3.8) is 0 Å². The average Bonchev–Trinajstić information content (AvgIpc) is 3.13. The highest BCUT2D eigenvalue weighted by molar-refractivity contribution is 9.10. The molecule has 2 heterocycles. The molecule has 146 valence electrons. The molecule has 1 N–H and O–H groups in total. The molecule has 0 aliphatic rings. The predicted molar refractivity (Wildman–Crippen MR) is 112 cm³/mol. The van der Waals surface area contributed by atoms with Crippen molar-refractivity contribution in [2.75, 3.05) is 0 Å². The molecule has 29 heavy (non-hydrogen) atoms. The molecule has 0 radical (unpaired) electrons. The number of para-hydroxylation sites is 1. The second kappa shape index (κ2) is 8.13. The quantitative estimate of drug-likeness (QED) is 0.197. The predicted octanol–water partition coefficient (Wildman–Crippen LogP) is 3.53. The summed E-state index contributed by atoms with van der Waals surface area (Å²) in [7, 11) is 0. The van der Waals surface area contributed by atoms with E-state index in [2.05, 4.69) is 36.2 Å². The number of aromatic nitrogens is 5. The smallest absolute Gasteiger partial charge is 0.269 e. The Morgan fingerprint density at radius 2 is 1.93 bits per heavy atom. The first-order valence-corrected chi connectivity index (χ1v) is 10.2. The zero-order valence-corrected chi connectivity index (χ0v) is 17.2. The fourth-order valence-electron chi connectivity index (χ4n) is 2.70. The van der Waals surface area contributed by atoms with Crippen molar-refractivity contribution in [2.45, 2.75) is 17.5 Å². The van der Waals surface area contributed by atoms with Crippen molar-refractivity contribution in [1.29, 1.82) is 0 Å². The van der Waals surface area contributed by atoms with Gasteiger partial charge >= 0.3 is 0 Å². The maximum absolute atomic E-state index is 12.3. The Labute approximate surface area is 176 Å². The zero-order valence-electron chi connectivity index (χ0n) is 14.8. The van der Waals surface area contributed by atoms with Gasteiger partial charge < -0.3 is 4.98 Å². The number of halogens is 1. The Morgan fingerprint density at radius 3 is 2.69 bits per heavy atom. The van der Waals surface area contributed by atoms with Crippen LogP contribution in [-0.4, -0.2) is 29.9 Å². The van der Waals surface area contributed by atoms with Crippen LogP contribution in [0.25, 0.3) is 11.0 Å². The summed E-state index contributed by atoms with van der Waals surface area (Å²) in [6, 6.07) is 13.8. The number of benzene rings is 2. The molecule has 0 saturated heterocycles. The maximum atomic E-state index is 12.3. The number of nitrogens with one attached hydrogen (secondary N) is 1. The van der Waals surface area contributed by atoms with Gasteiger partial charge in [-0.2, -0.15) is 0 Å². The molecule has 0 unspecified atom stereocenters. The Kier molecular flexibility index (Phi) is 5.41. The first-order valence-electron chi connectivity index (χ1n) is 8.44. The van der Waals surface area contributed by atoms with Crippen LogP contribution in [0.1, 0.15) is 11.3 Å². The van der Waals surface area contributed by atoms with Crippen LogP contribution in [0, 0.1) is 10.1 Å². The molecule has 11 heteroatoms. The number of H-pyrrole nitrogens is 1. The lowest BCUT2D eigenvalue weighted by Gasteiger charge is -2.07. The Morgan fingerprint density at radius 1 is 1.17 bits per heavy atom. The van der Waals surface area contributed by atoms with Crippen molar-refractivity contribution in [2.24, 2.45) is 0 Å². The third-order valence-electron chi connectivity index (χ3n) is 4.15. The van der Waals surface area contributed by atoms with Gasteiger partial charge in [-0.15, -0.1) is 5.10 Å². The van der Waals surface area contributed by atoms with E-state index in [-0.39, 0.29) is 17.8 Å². The van der Waals surface area contributed by atoms with Crippen LogP contribution in [0.3, 0.4) is 0 Å². The lowest BCUT2D eigenvalue weighted by molar-refractivity contribution is -0.384. The van der Waals surface area contributed by atoms with E-state index in [9.17, 15) is 14.9 Å². The number of nitro benzene ring substituents is 1. The molecule has 2 aromatic carbocycles. The molecule has 4 aromatic rings. The second-order valence-electron chi connectivity index (χ2n) is 6.08. The largest absolute Gasteiger partial charge is 0.300 e. The van der Waals surface area contributed by atoms with Crippen molar-refractivity contribution in [1.82, 2.24) is 25.0 Å². The van der Waals surface area contributed by atoms with Crippen molar-refractivity contribution >= 4 is 44.4 Å². The topological polar surface area (TPSA) is 120 Å². The fourth-order valence-corrected chi connectivity index (χ4v) is 3.85. The van der Waals surface area contributed by atoms with Crippen LogP contribution in [0.15, 0.2) is 63.0 Å². The monoisotopic (exact) mass is 472 g/mol. The number of hydrogen-bond acceptors (Lipinski definition) is 7. The number of rotatable bonds is 6. The van der Waals surface area contributed by atoms with E-state index >= 15 is 0 Å². The Bertz CT molecular complexity index is 1250. The first-order chi connectivity index (χ1) is 14.0. The number of nitro groups is 1. The molecule has 2 aromatic heterocycles. The molecule has 4 rings (SSSR count). The molecule has 0 bridgehead atoms. The summed E-state index contributed by atoms with van der Waals surface area (Å²) in [4.78, 5) is 29.9. The molecule has 0 spiro atoms. The average molecular weight is 473 g/mol. The Balaban J connectivity index is 1.55. The minimum absolute atomic E-state index is 0.0382. The highest BCUT2D eigenvalue weighted by Gasteiger charge is 2.13. The summed E-state index contributed by atoms with van der Waals surface area (Å²) in [6.07, 6.45) is 0. The number of aromatic amines is 1. The highest BCUT2D eigenvalue weighted by Crippen LogP contribution is 2.23. The molecule has 0 saturated carbocycles. The van der Waals surface area contributed by atoms with E-state index < -0.39 is 4.92 Å². The summed E-state index contributed by atoms with van der Waals surface area (Å²) >= 11 is 4.64. The molecule has 9 nitrogen and oxygen atoms in total. The number of fused-ring (bicyclic) bond motifs is 1. The minimum atomic E-state index is -0.440. The maximum Gasteiger partial charge on any atom is 0.269 e. The van der Waals surface area contributed by atoms with Gasteiger partial charge in [0, 0.05) is 17.9 Å². The Hall–Kier alpha value is -3.05. The van der Waals surface area contributed by atoms with Gasteiger partial charge in [0.2, 0.25) is 0 Å². The minimum Gasteiger partial charge on any atom is -0.300 e. The summed E-state index contributed by atoms with van der Waals surface area (Å²) in [5.41, 5.74) is 2.79. The lowest BCUT2D eigenvalue weighted by atomic mass is 10.2. The number of nitrogens with zero attached hydrogens (tertiary/aromatic N) is 5. The second-order valence-corrected chi connectivity index (χ2v) is 7.84. The van der Waals surface area contributed by atoms with Gasteiger partial charge in [0.15, 0.2) is 5.16 Å². The molecule has 0 aliphatic heterocycles. The molecular formula is C18H13BrN6O3S. The SMILES string of the molecule is O=c1[nH]c(SCc2ccc([N+](=O)[O-])cc2)nc(Cn2nnc3ccccc32)c1Br. The van der Waals surface area contributed by atoms with Crippen molar-refractivity contribution in [3.8, 4) is 0 Å². The van der Waals surface area contributed by atoms with Crippen LogP contribution in [-0.2, 0) is 12.3 Å². The number of hydrogen-bond donors (Lipinski definition) is 1. The van der Waals surface area contributed by atoms with Gasteiger partial charge in [0.25, 0.3) is 11.2 Å². The van der Waals surface area contributed by atoms with E-state index in [4.69, 9.17) is 0 Å². The van der Waals surface area contributed by atoms with Gasteiger partial charge in [-0.25, -0.2) is 9.67 Å². The van der Waals surface area contributed by atoms with E-state index in [1.807, 2.05) is 24.3 Å². The third kappa shape index (κ3) is 4.20. The fraction of sp³-hybridized carbons (Fsp3) is 0.111. The van der Waals surface area contributed by atoms with E-state index in [1.54, 1.807) is 16.8 Å². The van der Waals surface area contributed by atoms with Crippen molar-refractivity contribution in [3.05, 3.63) is 84.7 Å². The van der Waals surface area contributed by atoms with Crippen LogP contribution in [0.5, 0.6) is 0 Å². The van der Waals surface area contributed by atoms with Crippen LogP contribution < -0.4 is 5.56 Å². The molecule has 0 fully saturated rings. The van der Waals surface area contributed by atoms with Gasteiger partial charge in [-0.3, -0.25) is 14.9 Å². The van der Waals surface area contributed by atoms with E-state index in [1.165, 1.54) is 23.9 Å². The molecule has 0 aliphatic carbocycles. The summed E-state index contributed by atoms with van der Waals surface area (Å²) in [5, 5.41) is 19.5. The van der Waals surface area contributed by atoms with Crippen molar-refractivity contribution < 1.29 is 4.92 Å². The van der Waals surface area contributed by atoms with Gasteiger partial charge in [-0.05, 0) is 33.6 Å². The van der Waals surface area contributed by atoms with Crippen LogP contribution >= 0.6 is 27.7 Å². The van der Waals surface area contributed by atoms with Crippen LogP contribution in [0.2, 0.25) is 0 Å². The number of non-ortho nitro benzene ring substituents is 1. The van der Waals surface area contributed by atoms with E-state index in [0.717, 1.165) is 16.6 Å². The van der Waals surface area contributed by atoms with Gasteiger partial charge in [0.05, 0.1) is 22.7 Å². The molecular weight excluding hydrogens is 460 g/mol. The summed E-state index contributed by atoms with van der Waals surface area (Å²) in [5.74, 6) is 0.508. The first kappa shape index (κ1) is 19.3. The molecule has 0 atom stereocenters. The third-order valence-corrected chi connectivity index (χ3v) is 5.91. The summed E-state index contributed by atoms with van der Waals surface area (Å²) < 4.78 is 2.03. The van der Waals surface area contributed by atoms with E-state index in [0.29, 0.717) is 21.1 Å². The standard InChI is InChI=1S/C18H13BrN6O3S/c19-16-14(9-24-15-4-2-1-3-13(15)22-23-24)20-18(21-17(16)26)29-10-11-5-7-12(8-6-11)25(27)28/h1-8H,9-10H2,(H,20,21,26). The lowest BCUT2D eigenvalue weighted by Crippen LogP contribution is -2.16. The highest BCUT2D eigenvalue weighted by atomic mass is 79.9. The van der Waals surface area contributed by atoms with Crippen LogP contribution in [0.4, 0.5) is 5.69 Å². The van der Waals surface area contributed by atoms with Gasteiger partial charge in [-0.1, -0.05) is 41.2 Å². The molecule has 0 amide bonds. The van der Waals surface area contributed by atoms with Gasteiger partial charge in [0.1, 0.15) is 9.99 Å².